The molecule has 3 aromatic rings. The zero-order chi connectivity index (χ0) is 20.2. The van der Waals surface area contributed by atoms with Crippen LogP contribution in [0.25, 0.3) is 5.95 Å². The number of ether oxygens (including phenoxy) is 2. The van der Waals surface area contributed by atoms with Gasteiger partial charge in [-0.3, -0.25) is 0 Å². The van der Waals surface area contributed by atoms with Gasteiger partial charge in [-0.15, -0.1) is 5.10 Å². The largest absolute Gasteiger partial charge is 0.493 e. The minimum Gasteiger partial charge on any atom is -0.493 e. The maximum Gasteiger partial charge on any atom is 0.255 e. The molecule has 0 unspecified atom stereocenters. The molecule has 0 bridgehead atoms. The molecule has 2 aromatic heterocycles. The second-order valence-corrected chi connectivity index (χ2v) is 6.66. The van der Waals surface area contributed by atoms with Crippen molar-refractivity contribution >= 4 is 23.4 Å². The summed E-state index contributed by atoms with van der Waals surface area (Å²) in [4.78, 5) is 15.5. The Kier molecular flexibility index (Phi) is 5.32. The number of nitrogen functional groups attached to an aromatic ring is 1. The number of nitrogens with two attached hydrogens (primary N) is 1. The number of piperidine rings is 1. The van der Waals surface area contributed by atoms with Crippen LogP contribution in [0.5, 0.6) is 11.5 Å². The molecule has 3 heterocycles. The Labute approximate surface area is 168 Å². The molecule has 29 heavy (non-hydrogen) atoms. The molecule has 0 saturated carbocycles. The maximum atomic E-state index is 6.07. The SMILES string of the molecule is COc1ccc(Nc2nc(N)n(-c3nccc(N4CCCCC4)n3)n2)cc1OC. The average Bonchev–Trinajstić information content (AvgIpc) is 3.14. The molecular weight excluding hydrogens is 372 g/mol. The van der Waals surface area contributed by atoms with Crippen molar-refractivity contribution in [2.45, 2.75) is 19.3 Å². The summed E-state index contributed by atoms with van der Waals surface area (Å²) in [7, 11) is 3.17. The number of nitrogens with zero attached hydrogens (tertiary/aromatic N) is 6. The average molecular weight is 396 g/mol. The van der Waals surface area contributed by atoms with Crippen LogP contribution in [0.15, 0.2) is 30.5 Å². The van der Waals surface area contributed by atoms with E-state index in [1.54, 1.807) is 32.5 Å². The molecule has 0 atom stereocenters. The molecule has 0 spiro atoms. The first kappa shape index (κ1) is 18.8. The smallest absolute Gasteiger partial charge is 0.255 e. The van der Waals surface area contributed by atoms with E-state index >= 15 is 0 Å². The number of hydrogen-bond donors (Lipinski definition) is 2. The van der Waals surface area contributed by atoms with Crippen molar-refractivity contribution in [1.82, 2.24) is 24.7 Å². The Balaban J connectivity index is 1.57. The second-order valence-electron chi connectivity index (χ2n) is 6.66. The third-order valence-electron chi connectivity index (χ3n) is 4.77. The van der Waals surface area contributed by atoms with Gasteiger partial charge in [0, 0.05) is 31.0 Å². The van der Waals surface area contributed by atoms with Gasteiger partial charge < -0.3 is 25.4 Å². The van der Waals surface area contributed by atoms with E-state index in [0.717, 1.165) is 24.6 Å². The van der Waals surface area contributed by atoms with Gasteiger partial charge in [-0.1, -0.05) is 0 Å². The molecule has 1 aliphatic rings. The molecule has 152 valence electrons. The summed E-state index contributed by atoms with van der Waals surface area (Å²) >= 11 is 0. The van der Waals surface area contributed by atoms with Crippen molar-refractivity contribution in [2.24, 2.45) is 0 Å². The standard InChI is InChI=1S/C19H24N8O2/c1-28-14-7-6-13(12-15(14)29-2)22-18-24-17(20)27(25-18)19-21-9-8-16(23-19)26-10-4-3-5-11-26/h6-9,12H,3-5,10-11H2,1-2H3,(H3,20,22,24,25). The Morgan fingerprint density at radius 1 is 1.00 bits per heavy atom. The van der Waals surface area contributed by atoms with Gasteiger partial charge in [-0.25, -0.2) is 4.98 Å². The predicted molar refractivity (Wildman–Crippen MR) is 110 cm³/mol. The van der Waals surface area contributed by atoms with E-state index in [2.05, 4.69) is 30.3 Å². The van der Waals surface area contributed by atoms with Gasteiger partial charge in [0.15, 0.2) is 11.5 Å². The molecule has 10 heteroatoms. The maximum absolute atomic E-state index is 6.07. The van der Waals surface area contributed by atoms with E-state index in [1.807, 2.05) is 12.1 Å². The highest BCUT2D eigenvalue weighted by Gasteiger charge is 2.16. The molecule has 1 aromatic carbocycles. The van der Waals surface area contributed by atoms with E-state index < -0.39 is 0 Å². The van der Waals surface area contributed by atoms with Gasteiger partial charge in [0.2, 0.25) is 11.9 Å². The third-order valence-corrected chi connectivity index (χ3v) is 4.77. The van der Waals surface area contributed by atoms with E-state index in [1.165, 1.54) is 23.9 Å². The van der Waals surface area contributed by atoms with Gasteiger partial charge in [-0.05, 0) is 37.5 Å². The number of nitrogens with one attached hydrogen (secondary N) is 1. The van der Waals surface area contributed by atoms with E-state index in [4.69, 9.17) is 15.2 Å². The van der Waals surface area contributed by atoms with Crippen LogP contribution in [-0.2, 0) is 0 Å². The number of hydrogen-bond acceptors (Lipinski definition) is 9. The number of rotatable bonds is 6. The summed E-state index contributed by atoms with van der Waals surface area (Å²) in [5.41, 5.74) is 6.81. The lowest BCUT2D eigenvalue weighted by Gasteiger charge is -2.27. The third kappa shape index (κ3) is 4.00. The minimum atomic E-state index is 0.198. The van der Waals surface area contributed by atoms with Crippen LogP contribution in [0.4, 0.5) is 23.4 Å². The zero-order valence-corrected chi connectivity index (χ0v) is 16.5. The molecule has 0 amide bonds. The normalized spacial score (nSPS) is 13.9. The first-order valence-electron chi connectivity index (χ1n) is 9.48. The summed E-state index contributed by atoms with van der Waals surface area (Å²) in [5, 5.41) is 7.53. The van der Waals surface area contributed by atoms with Gasteiger partial charge in [0.25, 0.3) is 5.95 Å². The summed E-state index contributed by atoms with van der Waals surface area (Å²) < 4.78 is 12.0. The first-order valence-corrected chi connectivity index (χ1v) is 9.48. The lowest BCUT2D eigenvalue weighted by atomic mass is 10.1. The van der Waals surface area contributed by atoms with Crippen LogP contribution >= 0.6 is 0 Å². The van der Waals surface area contributed by atoms with Gasteiger partial charge in [0.1, 0.15) is 5.82 Å². The lowest BCUT2D eigenvalue weighted by molar-refractivity contribution is 0.355. The van der Waals surface area contributed by atoms with Crippen LogP contribution in [0.3, 0.4) is 0 Å². The Hall–Kier alpha value is -3.56. The van der Waals surface area contributed by atoms with Crippen LogP contribution in [-0.4, -0.2) is 52.0 Å². The lowest BCUT2D eigenvalue weighted by Crippen LogP contribution is -2.30. The highest BCUT2D eigenvalue weighted by molar-refractivity contribution is 5.60. The highest BCUT2D eigenvalue weighted by atomic mass is 16.5. The van der Waals surface area contributed by atoms with E-state index in [-0.39, 0.29) is 5.95 Å². The molecule has 3 N–H and O–H groups in total. The number of benzene rings is 1. The van der Waals surface area contributed by atoms with Crippen molar-refractivity contribution in [3.63, 3.8) is 0 Å². The summed E-state index contributed by atoms with van der Waals surface area (Å²) in [6.07, 6.45) is 5.32. The van der Waals surface area contributed by atoms with Crippen molar-refractivity contribution in [3.8, 4) is 17.4 Å². The van der Waals surface area contributed by atoms with Gasteiger partial charge in [-0.2, -0.15) is 14.6 Å². The Bertz CT molecular complexity index is 984. The second kappa shape index (κ2) is 8.21. The molecule has 4 rings (SSSR count). The summed E-state index contributed by atoms with van der Waals surface area (Å²) in [5.74, 6) is 3.03. The van der Waals surface area contributed by atoms with Crippen LogP contribution in [0, 0.1) is 0 Å². The molecule has 1 aliphatic heterocycles. The summed E-state index contributed by atoms with van der Waals surface area (Å²) in [6.45, 7) is 1.99. The molecule has 0 aliphatic carbocycles. The molecule has 10 nitrogen and oxygen atoms in total. The van der Waals surface area contributed by atoms with Crippen LogP contribution in [0.1, 0.15) is 19.3 Å². The van der Waals surface area contributed by atoms with Crippen molar-refractivity contribution in [3.05, 3.63) is 30.5 Å². The van der Waals surface area contributed by atoms with Crippen LogP contribution < -0.4 is 25.4 Å². The molecule has 0 radical (unpaired) electrons. The quantitative estimate of drug-likeness (QED) is 0.648. The molecular formula is C19H24N8O2. The monoisotopic (exact) mass is 396 g/mol. The number of methoxy groups -OCH3 is 2. The first-order chi connectivity index (χ1) is 14.2. The Morgan fingerprint density at radius 2 is 1.79 bits per heavy atom. The topological polar surface area (TPSA) is 116 Å². The van der Waals surface area contributed by atoms with E-state index in [9.17, 15) is 0 Å². The van der Waals surface area contributed by atoms with Gasteiger partial charge >= 0.3 is 0 Å². The fraction of sp³-hybridized carbons (Fsp3) is 0.368. The van der Waals surface area contributed by atoms with Gasteiger partial charge in [0.05, 0.1) is 14.2 Å². The van der Waals surface area contributed by atoms with Crippen molar-refractivity contribution in [1.29, 1.82) is 0 Å². The predicted octanol–water partition coefficient (Wildman–Crippen LogP) is 2.39. The highest BCUT2D eigenvalue weighted by Crippen LogP contribution is 2.30. The van der Waals surface area contributed by atoms with Crippen LogP contribution in [0.2, 0.25) is 0 Å². The van der Waals surface area contributed by atoms with E-state index in [0.29, 0.717) is 23.4 Å². The number of aromatic nitrogens is 5. The molecule has 1 saturated heterocycles. The van der Waals surface area contributed by atoms with Crippen molar-refractivity contribution < 1.29 is 9.47 Å². The Morgan fingerprint density at radius 3 is 2.55 bits per heavy atom. The molecule has 1 fully saturated rings. The fourth-order valence-corrected chi connectivity index (χ4v) is 3.31. The number of anilines is 4. The fourth-order valence-electron chi connectivity index (χ4n) is 3.31. The minimum absolute atomic E-state index is 0.198. The summed E-state index contributed by atoms with van der Waals surface area (Å²) in [6, 6.07) is 7.34. The zero-order valence-electron chi connectivity index (χ0n) is 16.5. The van der Waals surface area contributed by atoms with Crippen molar-refractivity contribution in [2.75, 3.05) is 43.3 Å².